The molecule has 0 spiro atoms. The van der Waals surface area contributed by atoms with Crippen molar-refractivity contribution < 1.29 is 13.2 Å². The summed E-state index contributed by atoms with van der Waals surface area (Å²) in [5, 5.41) is 0.245. The molecule has 144 valence electrons. The number of rotatable bonds is 5. The molecule has 1 amide bonds. The van der Waals surface area contributed by atoms with Gasteiger partial charge in [-0.1, -0.05) is 37.6 Å². The first-order valence-electron chi connectivity index (χ1n) is 8.73. The van der Waals surface area contributed by atoms with Gasteiger partial charge in [0, 0.05) is 30.3 Å². The number of hydrogen-bond donors (Lipinski definition) is 0. The quantitative estimate of drug-likeness (QED) is 0.724. The summed E-state index contributed by atoms with van der Waals surface area (Å²) < 4.78 is 27.0. The molecule has 5 nitrogen and oxygen atoms in total. The summed E-state index contributed by atoms with van der Waals surface area (Å²) in [6.45, 7) is 4.84. The Morgan fingerprint density at radius 1 is 1.19 bits per heavy atom. The number of carbonyl (C=O) groups excluding carboxylic acids is 1. The van der Waals surface area contributed by atoms with Gasteiger partial charge in [0.05, 0.1) is 21.2 Å². The Bertz CT molecular complexity index is 959. The van der Waals surface area contributed by atoms with E-state index in [9.17, 15) is 13.2 Å². The van der Waals surface area contributed by atoms with E-state index in [0.29, 0.717) is 19.6 Å². The molecule has 0 saturated carbocycles. The van der Waals surface area contributed by atoms with Gasteiger partial charge in [-0.15, -0.1) is 11.8 Å². The van der Waals surface area contributed by atoms with Crippen molar-refractivity contribution in [1.82, 2.24) is 4.31 Å². The van der Waals surface area contributed by atoms with Gasteiger partial charge in [0.1, 0.15) is 0 Å². The first-order chi connectivity index (χ1) is 12.9. The van der Waals surface area contributed by atoms with Gasteiger partial charge in [0.15, 0.2) is 0 Å². The molecule has 1 aliphatic rings. The van der Waals surface area contributed by atoms with E-state index in [1.807, 2.05) is 24.3 Å². The van der Waals surface area contributed by atoms with Crippen molar-refractivity contribution in [2.24, 2.45) is 0 Å². The molecular weight excluding hydrogens is 404 g/mol. The van der Waals surface area contributed by atoms with E-state index >= 15 is 0 Å². The minimum Gasteiger partial charge on any atom is -0.306 e. The summed E-state index contributed by atoms with van der Waals surface area (Å²) in [7, 11) is -3.67. The molecule has 0 saturated heterocycles. The number of anilines is 1. The fourth-order valence-electron chi connectivity index (χ4n) is 3.07. The number of benzene rings is 2. The summed E-state index contributed by atoms with van der Waals surface area (Å²) in [6, 6.07) is 12.0. The van der Waals surface area contributed by atoms with Crippen LogP contribution in [0.4, 0.5) is 5.69 Å². The van der Waals surface area contributed by atoms with E-state index in [0.717, 1.165) is 16.3 Å². The fraction of sp³-hybridized carbons (Fsp3) is 0.316. The number of para-hydroxylation sites is 1. The first-order valence-corrected chi connectivity index (χ1v) is 11.5. The highest BCUT2D eigenvalue weighted by Crippen LogP contribution is 2.36. The standard InChI is InChI=1S/C19H21ClN2O3S2/c1-3-21(4-2)27(24,25)14-9-10-16(20)15(13-14)19(23)22-11-12-26-18-8-6-5-7-17(18)22/h5-10,13H,3-4,11-12H2,1-2H3. The Balaban J connectivity index is 2.02. The number of fused-ring (bicyclic) bond motifs is 1. The lowest BCUT2D eigenvalue weighted by Crippen LogP contribution is -2.36. The van der Waals surface area contributed by atoms with Gasteiger partial charge in [-0.2, -0.15) is 4.31 Å². The molecule has 1 aliphatic heterocycles. The van der Waals surface area contributed by atoms with Crippen molar-refractivity contribution in [3.63, 3.8) is 0 Å². The largest absolute Gasteiger partial charge is 0.306 e. The Labute approximate surface area is 169 Å². The average Bonchev–Trinajstić information content (AvgIpc) is 2.68. The predicted molar refractivity (Wildman–Crippen MR) is 110 cm³/mol. The Kier molecular flexibility index (Phi) is 6.15. The molecule has 8 heteroatoms. The van der Waals surface area contributed by atoms with Crippen LogP contribution in [0.25, 0.3) is 0 Å². The second-order valence-corrected chi connectivity index (χ2v) is 9.49. The lowest BCUT2D eigenvalue weighted by Gasteiger charge is -2.29. The second-order valence-electron chi connectivity index (χ2n) is 6.00. The number of nitrogens with zero attached hydrogens (tertiary/aromatic N) is 2. The van der Waals surface area contributed by atoms with Gasteiger partial charge in [-0.25, -0.2) is 8.42 Å². The summed E-state index contributed by atoms with van der Waals surface area (Å²) in [4.78, 5) is 16.0. The van der Waals surface area contributed by atoms with Crippen LogP contribution in [0.2, 0.25) is 5.02 Å². The molecule has 0 bridgehead atoms. The number of hydrogen-bond acceptors (Lipinski definition) is 4. The highest BCUT2D eigenvalue weighted by Gasteiger charge is 2.28. The highest BCUT2D eigenvalue weighted by molar-refractivity contribution is 7.99. The zero-order chi connectivity index (χ0) is 19.6. The van der Waals surface area contributed by atoms with Crippen molar-refractivity contribution in [2.45, 2.75) is 23.6 Å². The summed E-state index contributed by atoms with van der Waals surface area (Å²) in [6.07, 6.45) is 0. The molecule has 2 aromatic rings. The Morgan fingerprint density at radius 2 is 1.89 bits per heavy atom. The SMILES string of the molecule is CCN(CC)S(=O)(=O)c1ccc(Cl)c(C(=O)N2CCSc3ccccc32)c1. The van der Waals surface area contributed by atoms with Crippen LogP contribution in [-0.2, 0) is 10.0 Å². The Morgan fingerprint density at radius 3 is 2.59 bits per heavy atom. The summed E-state index contributed by atoms with van der Waals surface area (Å²) >= 11 is 7.97. The van der Waals surface area contributed by atoms with Crippen molar-refractivity contribution in [3.05, 3.63) is 53.1 Å². The maximum absolute atomic E-state index is 13.2. The van der Waals surface area contributed by atoms with E-state index in [-0.39, 0.29) is 21.4 Å². The molecule has 1 heterocycles. The number of carbonyl (C=O) groups is 1. The molecule has 27 heavy (non-hydrogen) atoms. The highest BCUT2D eigenvalue weighted by atomic mass is 35.5. The van der Waals surface area contributed by atoms with Crippen molar-refractivity contribution in [2.75, 3.05) is 30.3 Å². The third-order valence-corrected chi connectivity index (χ3v) is 7.90. The van der Waals surface area contributed by atoms with Crippen LogP contribution in [0.5, 0.6) is 0 Å². The maximum Gasteiger partial charge on any atom is 0.259 e. The predicted octanol–water partition coefficient (Wildman–Crippen LogP) is 4.12. The first kappa shape index (κ1) is 20.2. The number of thioether (sulfide) groups is 1. The normalized spacial score (nSPS) is 14.3. The van der Waals surface area contributed by atoms with Crippen LogP contribution in [0.1, 0.15) is 24.2 Å². The topological polar surface area (TPSA) is 57.7 Å². The maximum atomic E-state index is 13.2. The summed E-state index contributed by atoms with van der Waals surface area (Å²) in [5.74, 6) is 0.488. The second kappa shape index (κ2) is 8.22. The third-order valence-electron chi connectivity index (χ3n) is 4.49. The van der Waals surface area contributed by atoms with Crippen LogP contribution in [0.3, 0.4) is 0 Å². The molecule has 3 rings (SSSR count). The number of sulfonamides is 1. The van der Waals surface area contributed by atoms with Crippen molar-refractivity contribution in [3.8, 4) is 0 Å². The van der Waals surface area contributed by atoms with Crippen LogP contribution >= 0.6 is 23.4 Å². The fourth-order valence-corrected chi connectivity index (χ4v) is 5.75. The average molecular weight is 425 g/mol. The van der Waals surface area contributed by atoms with Crippen LogP contribution in [0, 0.1) is 0 Å². The number of halogens is 1. The van der Waals surface area contributed by atoms with Crippen LogP contribution in [0.15, 0.2) is 52.3 Å². The third kappa shape index (κ3) is 3.87. The monoisotopic (exact) mass is 424 g/mol. The van der Waals surface area contributed by atoms with Gasteiger partial charge in [-0.05, 0) is 30.3 Å². The van der Waals surface area contributed by atoms with E-state index in [2.05, 4.69) is 0 Å². The van der Waals surface area contributed by atoms with E-state index < -0.39 is 10.0 Å². The molecule has 0 atom stereocenters. The molecule has 0 unspecified atom stereocenters. The van der Waals surface area contributed by atoms with E-state index in [1.165, 1.54) is 22.5 Å². The minimum atomic E-state index is -3.67. The van der Waals surface area contributed by atoms with Crippen molar-refractivity contribution in [1.29, 1.82) is 0 Å². The van der Waals surface area contributed by atoms with E-state index in [4.69, 9.17) is 11.6 Å². The van der Waals surface area contributed by atoms with Gasteiger partial charge >= 0.3 is 0 Å². The smallest absolute Gasteiger partial charge is 0.259 e. The molecule has 0 aliphatic carbocycles. The zero-order valence-electron chi connectivity index (χ0n) is 15.2. The lowest BCUT2D eigenvalue weighted by atomic mass is 10.1. The van der Waals surface area contributed by atoms with Crippen LogP contribution < -0.4 is 4.90 Å². The van der Waals surface area contributed by atoms with E-state index in [1.54, 1.807) is 30.5 Å². The van der Waals surface area contributed by atoms with Crippen LogP contribution in [-0.4, -0.2) is 44.0 Å². The summed E-state index contributed by atoms with van der Waals surface area (Å²) in [5.41, 5.74) is 1.03. The minimum absolute atomic E-state index is 0.0821. The Hall–Kier alpha value is -1.54. The molecule has 0 radical (unpaired) electrons. The van der Waals surface area contributed by atoms with Gasteiger partial charge < -0.3 is 4.90 Å². The van der Waals surface area contributed by atoms with Gasteiger partial charge in [0.2, 0.25) is 10.0 Å². The molecule has 0 fully saturated rings. The van der Waals surface area contributed by atoms with Gasteiger partial charge in [-0.3, -0.25) is 4.79 Å². The molecule has 0 N–H and O–H groups in total. The zero-order valence-corrected chi connectivity index (χ0v) is 17.6. The molecule has 2 aromatic carbocycles. The lowest BCUT2D eigenvalue weighted by molar-refractivity contribution is 0.0987. The molecule has 0 aromatic heterocycles. The number of amides is 1. The van der Waals surface area contributed by atoms with Gasteiger partial charge in [0.25, 0.3) is 5.91 Å². The molecular formula is C19H21ClN2O3S2. The van der Waals surface area contributed by atoms with Crippen molar-refractivity contribution >= 4 is 45.0 Å².